The van der Waals surface area contributed by atoms with Gasteiger partial charge in [0.15, 0.2) is 0 Å². The van der Waals surface area contributed by atoms with E-state index in [-0.39, 0.29) is 23.3 Å². The molecule has 140 valence electrons. The van der Waals surface area contributed by atoms with Crippen LogP contribution in [0.2, 0.25) is 5.02 Å². The zero-order chi connectivity index (χ0) is 19.2. The summed E-state index contributed by atoms with van der Waals surface area (Å²) in [5, 5.41) is 10.6. The highest BCUT2D eigenvalue weighted by atomic mass is 127. The minimum absolute atomic E-state index is 0.0114. The van der Waals surface area contributed by atoms with Crippen LogP contribution in [0.4, 0.5) is 0 Å². The van der Waals surface area contributed by atoms with Crippen LogP contribution in [0.15, 0.2) is 31.0 Å². The van der Waals surface area contributed by atoms with Gasteiger partial charge in [-0.15, -0.1) is 0 Å². The number of aromatic amines is 1. The zero-order valence-corrected chi connectivity index (χ0v) is 17.7. The van der Waals surface area contributed by atoms with Gasteiger partial charge in [-0.1, -0.05) is 34.2 Å². The molecule has 4 heterocycles. The summed E-state index contributed by atoms with van der Waals surface area (Å²) in [7, 11) is -3.30. The lowest BCUT2D eigenvalue weighted by molar-refractivity contribution is 0.0856. The predicted octanol–water partition coefficient (Wildman–Crippen LogP) is 2.73. The smallest absolute Gasteiger partial charge is 0.223 e. The Morgan fingerprint density at radius 2 is 2.15 bits per heavy atom. The van der Waals surface area contributed by atoms with E-state index in [1.165, 1.54) is 10.6 Å². The van der Waals surface area contributed by atoms with Gasteiger partial charge in [0.1, 0.15) is 15.7 Å². The fraction of sp³-hybridized carbons (Fsp3) is 0.312. The second-order valence-electron chi connectivity index (χ2n) is 6.44. The van der Waals surface area contributed by atoms with E-state index in [1.54, 1.807) is 12.4 Å². The molecule has 0 spiro atoms. The Kier molecular flexibility index (Phi) is 4.66. The molecule has 0 amide bonds. The van der Waals surface area contributed by atoms with Crippen LogP contribution < -0.4 is 0 Å². The number of H-pyrrole nitrogens is 1. The fourth-order valence-corrected chi connectivity index (χ4v) is 5.79. The second kappa shape index (κ2) is 6.73. The standard InChI is InChI=1S/C16H14ClIN6O2S/c17-13-6-23(16(2-3-19)7-24(8-16)27(25,26)9-18)5-12(13)14-11-1-4-20-15(11)22-10-21-14/h1,4-6,10H,2,7-9H2,(H,20,21,22). The van der Waals surface area contributed by atoms with Crippen molar-refractivity contribution in [2.24, 2.45) is 0 Å². The largest absolute Gasteiger partial charge is 0.346 e. The third kappa shape index (κ3) is 3.02. The van der Waals surface area contributed by atoms with Gasteiger partial charge >= 0.3 is 0 Å². The van der Waals surface area contributed by atoms with Crippen molar-refractivity contribution in [3.05, 3.63) is 36.0 Å². The van der Waals surface area contributed by atoms with Gasteiger partial charge in [0.25, 0.3) is 0 Å². The molecule has 1 aliphatic heterocycles. The normalized spacial score (nSPS) is 16.9. The highest BCUT2D eigenvalue weighted by Gasteiger charge is 2.49. The Bertz CT molecular complexity index is 1160. The molecule has 27 heavy (non-hydrogen) atoms. The van der Waals surface area contributed by atoms with Crippen LogP contribution in [-0.2, 0) is 15.6 Å². The highest BCUT2D eigenvalue weighted by Crippen LogP contribution is 2.39. The minimum atomic E-state index is -3.30. The Hall–Kier alpha value is -1.68. The number of nitriles is 1. The number of sulfonamides is 1. The highest BCUT2D eigenvalue weighted by molar-refractivity contribution is 14.1. The number of hydrogen-bond donors (Lipinski definition) is 1. The third-order valence-electron chi connectivity index (χ3n) is 4.82. The first-order valence-corrected chi connectivity index (χ1v) is 11.5. The molecule has 11 heteroatoms. The lowest BCUT2D eigenvalue weighted by atomic mass is 9.89. The summed E-state index contributed by atoms with van der Waals surface area (Å²) in [5.74, 6) is 0. The first-order chi connectivity index (χ1) is 12.9. The van der Waals surface area contributed by atoms with Gasteiger partial charge in [0, 0.05) is 42.6 Å². The van der Waals surface area contributed by atoms with Crippen molar-refractivity contribution in [2.75, 3.05) is 16.8 Å². The second-order valence-corrected chi connectivity index (χ2v) is 10.6. The van der Waals surface area contributed by atoms with Gasteiger partial charge in [-0.25, -0.2) is 18.4 Å². The lowest BCUT2D eigenvalue weighted by Gasteiger charge is -2.48. The van der Waals surface area contributed by atoms with Crippen LogP contribution in [-0.4, -0.2) is 49.1 Å². The van der Waals surface area contributed by atoms with Crippen molar-refractivity contribution in [3.63, 3.8) is 0 Å². The SMILES string of the molecule is N#CCC1(n2cc(Cl)c(-c3ncnc4[nH]ccc34)c2)CN(S(=O)(=O)CI)C1. The average Bonchev–Trinajstić information content (AvgIpc) is 3.24. The number of hydrogen-bond acceptors (Lipinski definition) is 5. The number of nitrogens with zero attached hydrogens (tertiary/aromatic N) is 5. The van der Waals surface area contributed by atoms with Crippen LogP contribution in [0, 0.1) is 11.3 Å². The molecule has 1 N–H and O–H groups in total. The van der Waals surface area contributed by atoms with E-state index in [2.05, 4.69) is 21.0 Å². The summed E-state index contributed by atoms with van der Waals surface area (Å²) in [6.07, 6.45) is 7.01. The molecule has 0 radical (unpaired) electrons. The maximum atomic E-state index is 12.1. The molecule has 3 aromatic heterocycles. The minimum Gasteiger partial charge on any atom is -0.346 e. The summed E-state index contributed by atoms with van der Waals surface area (Å²) in [6.45, 7) is 0.499. The lowest BCUT2D eigenvalue weighted by Crippen LogP contribution is -2.63. The van der Waals surface area contributed by atoms with Crippen LogP contribution >= 0.6 is 34.2 Å². The van der Waals surface area contributed by atoms with Crippen molar-refractivity contribution in [3.8, 4) is 17.3 Å². The Labute approximate surface area is 174 Å². The zero-order valence-electron chi connectivity index (χ0n) is 13.9. The maximum Gasteiger partial charge on any atom is 0.223 e. The molecule has 0 unspecified atom stereocenters. The van der Waals surface area contributed by atoms with Gasteiger partial charge in [0.05, 0.1) is 28.7 Å². The van der Waals surface area contributed by atoms with E-state index >= 15 is 0 Å². The number of nitrogens with one attached hydrogen (secondary N) is 1. The molecule has 1 aliphatic rings. The first kappa shape index (κ1) is 18.7. The van der Waals surface area contributed by atoms with Gasteiger partial charge in [-0.3, -0.25) is 0 Å². The van der Waals surface area contributed by atoms with E-state index in [1.807, 2.05) is 39.4 Å². The molecule has 0 aromatic carbocycles. The van der Waals surface area contributed by atoms with Gasteiger partial charge in [-0.05, 0) is 6.07 Å². The van der Waals surface area contributed by atoms with E-state index in [0.717, 1.165) is 10.9 Å². The molecule has 0 aliphatic carbocycles. The van der Waals surface area contributed by atoms with Crippen LogP contribution in [0.3, 0.4) is 0 Å². The van der Waals surface area contributed by atoms with E-state index in [0.29, 0.717) is 16.4 Å². The summed E-state index contributed by atoms with van der Waals surface area (Å²) in [4.78, 5) is 11.6. The molecular formula is C16H14ClIN6O2S. The van der Waals surface area contributed by atoms with Gasteiger partial charge in [-0.2, -0.15) is 9.57 Å². The molecule has 8 nitrogen and oxygen atoms in total. The Morgan fingerprint density at radius 1 is 1.37 bits per heavy atom. The summed E-state index contributed by atoms with van der Waals surface area (Å²) in [6, 6.07) is 4.05. The van der Waals surface area contributed by atoms with E-state index < -0.39 is 15.6 Å². The van der Waals surface area contributed by atoms with Crippen LogP contribution in [0.1, 0.15) is 6.42 Å². The monoisotopic (exact) mass is 516 g/mol. The van der Waals surface area contributed by atoms with E-state index in [9.17, 15) is 13.7 Å². The molecule has 0 atom stereocenters. The number of halogens is 2. The Balaban J connectivity index is 1.74. The van der Waals surface area contributed by atoms with Crippen molar-refractivity contribution in [2.45, 2.75) is 12.0 Å². The summed E-state index contributed by atoms with van der Waals surface area (Å²) >= 11 is 8.32. The first-order valence-electron chi connectivity index (χ1n) is 7.97. The molecule has 1 fully saturated rings. The van der Waals surface area contributed by atoms with Gasteiger partial charge in [0.2, 0.25) is 10.0 Å². The maximum absolute atomic E-state index is 12.1. The average molecular weight is 517 g/mol. The van der Waals surface area contributed by atoms with Crippen molar-refractivity contribution < 1.29 is 8.42 Å². The quantitative estimate of drug-likeness (QED) is 0.414. The van der Waals surface area contributed by atoms with E-state index in [4.69, 9.17) is 11.6 Å². The van der Waals surface area contributed by atoms with Crippen molar-refractivity contribution in [1.29, 1.82) is 5.26 Å². The molecule has 0 bridgehead atoms. The summed E-state index contributed by atoms with van der Waals surface area (Å²) < 4.78 is 27.5. The number of alkyl halides is 1. The topological polar surface area (TPSA) is 108 Å². The molecule has 3 aromatic rings. The number of aromatic nitrogens is 4. The van der Waals surface area contributed by atoms with Crippen molar-refractivity contribution >= 4 is 55.2 Å². The molecule has 1 saturated heterocycles. The third-order valence-corrected chi connectivity index (χ3v) is 8.80. The Morgan fingerprint density at radius 3 is 2.85 bits per heavy atom. The summed E-state index contributed by atoms with van der Waals surface area (Å²) in [5.41, 5.74) is 1.49. The molecular weight excluding hydrogens is 503 g/mol. The number of fused-ring (bicyclic) bond motifs is 1. The van der Waals surface area contributed by atoms with Crippen molar-refractivity contribution in [1.82, 2.24) is 23.8 Å². The predicted molar refractivity (Wildman–Crippen MR) is 110 cm³/mol. The fourth-order valence-electron chi connectivity index (χ4n) is 3.35. The number of rotatable bonds is 5. The molecule has 0 saturated carbocycles. The van der Waals surface area contributed by atoms with Gasteiger partial charge < -0.3 is 9.55 Å². The molecule has 4 rings (SSSR count). The van der Waals surface area contributed by atoms with Crippen LogP contribution in [0.25, 0.3) is 22.3 Å². The van der Waals surface area contributed by atoms with Crippen LogP contribution in [0.5, 0.6) is 0 Å².